The second-order valence-electron chi connectivity index (χ2n) is 5.47. The van der Waals surface area contributed by atoms with Gasteiger partial charge in [0.15, 0.2) is 4.96 Å². The Balaban J connectivity index is 1.96. The summed E-state index contributed by atoms with van der Waals surface area (Å²) in [5, 5.41) is 0. The zero-order valence-corrected chi connectivity index (χ0v) is 13.6. The summed E-state index contributed by atoms with van der Waals surface area (Å²) in [6.45, 7) is 4.33. The van der Waals surface area contributed by atoms with E-state index < -0.39 is 0 Å². The molecule has 0 saturated heterocycles. The number of ether oxygens (including phenoxy) is 1. The Morgan fingerprint density at radius 2 is 2.00 bits per heavy atom. The molecule has 4 aromatic rings. The van der Waals surface area contributed by atoms with Gasteiger partial charge in [0.05, 0.1) is 23.0 Å². The third-order valence-corrected chi connectivity index (χ3v) is 5.17. The first-order valence-electron chi connectivity index (χ1n) is 7.19. The summed E-state index contributed by atoms with van der Waals surface area (Å²) in [7, 11) is 1.69. The predicted octanol–water partition coefficient (Wildman–Crippen LogP) is 4.84. The van der Waals surface area contributed by atoms with Gasteiger partial charge in [-0.15, -0.1) is 0 Å². The average Bonchev–Trinajstić information content (AvgIpc) is 3.08. The van der Waals surface area contributed by atoms with Crippen LogP contribution in [0.4, 0.5) is 0 Å². The molecule has 0 radical (unpaired) electrons. The fraction of sp³-hybridized carbons (Fsp3) is 0.167. The van der Waals surface area contributed by atoms with Crippen LogP contribution in [0.25, 0.3) is 26.4 Å². The topological polar surface area (TPSA) is 26.5 Å². The van der Waals surface area contributed by atoms with Gasteiger partial charge in [-0.05, 0) is 43.2 Å². The molecule has 0 bridgehead atoms. The van der Waals surface area contributed by atoms with Gasteiger partial charge in [0, 0.05) is 11.8 Å². The second-order valence-corrected chi connectivity index (χ2v) is 6.48. The minimum atomic E-state index is 0.853. The maximum Gasteiger partial charge on any atom is 0.195 e. The van der Waals surface area contributed by atoms with Crippen molar-refractivity contribution in [2.45, 2.75) is 13.8 Å². The molecule has 0 unspecified atom stereocenters. The number of fused-ring (bicyclic) bond motifs is 3. The summed E-state index contributed by atoms with van der Waals surface area (Å²) in [6, 6.07) is 12.4. The minimum absolute atomic E-state index is 0.853. The van der Waals surface area contributed by atoms with Crippen LogP contribution in [0.15, 0.2) is 42.6 Å². The van der Waals surface area contributed by atoms with Gasteiger partial charge in [0.1, 0.15) is 5.75 Å². The number of aromatic nitrogens is 2. The highest BCUT2D eigenvalue weighted by molar-refractivity contribution is 7.23. The van der Waals surface area contributed by atoms with Crippen molar-refractivity contribution in [3.63, 3.8) is 0 Å². The Morgan fingerprint density at radius 1 is 1.14 bits per heavy atom. The van der Waals surface area contributed by atoms with Crippen molar-refractivity contribution in [1.29, 1.82) is 0 Å². The number of thiazole rings is 1. The lowest BCUT2D eigenvalue weighted by atomic mass is 10.1. The summed E-state index contributed by atoms with van der Waals surface area (Å²) < 4.78 is 8.79. The van der Waals surface area contributed by atoms with Crippen LogP contribution in [-0.4, -0.2) is 16.5 Å². The van der Waals surface area contributed by atoms with Crippen LogP contribution in [0.5, 0.6) is 5.75 Å². The highest BCUT2D eigenvalue weighted by Gasteiger charge is 2.13. The first-order valence-corrected chi connectivity index (χ1v) is 8.01. The molecule has 110 valence electrons. The normalized spacial score (nSPS) is 11.4. The van der Waals surface area contributed by atoms with Crippen LogP contribution < -0.4 is 4.74 Å². The molecule has 2 aromatic carbocycles. The van der Waals surface area contributed by atoms with E-state index in [0.717, 1.165) is 22.0 Å². The van der Waals surface area contributed by atoms with Crippen LogP contribution in [0.1, 0.15) is 11.1 Å². The number of aryl methyl sites for hydroxylation is 2. The first-order chi connectivity index (χ1) is 10.7. The lowest BCUT2D eigenvalue weighted by Crippen LogP contribution is -1.86. The predicted molar refractivity (Wildman–Crippen MR) is 92.0 cm³/mol. The molecule has 2 aromatic heterocycles. The summed E-state index contributed by atoms with van der Waals surface area (Å²) in [6.07, 6.45) is 2.12. The van der Waals surface area contributed by atoms with Crippen molar-refractivity contribution >= 4 is 26.5 Å². The summed E-state index contributed by atoms with van der Waals surface area (Å²) in [5.41, 5.74) is 5.95. The van der Waals surface area contributed by atoms with Crippen molar-refractivity contribution in [2.75, 3.05) is 7.11 Å². The molecule has 0 spiro atoms. The summed E-state index contributed by atoms with van der Waals surface area (Å²) in [4.78, 5) is 5.82. The van der Waals surface area contributed by atoms with Crippen molar-refractivity contribution in [3.8, 4) is 17.0 Å². The van der Waals surface area contributed by atoms with Crippen molar-refractivity contribution in [1.82, 2.24) is 9.38 Å². The maximum atomic E-state index is 5.30. The van der Waals surface area contributed by atoms with Gasteiger partial charge < -0.3 is 4.74 Å². The largest absolute Gasteiger partial charge is 0.497 e. The van der Waals surface area contributed by atoms with E-state index in [2.05, 4.69) is 42.6 Å². The highest BCUT2D eigenvalue weighted by atomic mass is 32.1. The fourth-order valence-corrected chi connectivity index (χ4v) is 3.84. The smallest absolute Gasteiger partial charge is 0.195 e. The van der Waals surface area contributed by atoms with E-state index >= 15 is 0 Å². The number of rotatable bonds is 2. The van der Waals surface area contributed by atoms with E-state index in [1.165, 1.54) is 21.3 Å². The van der Waals surface area contributed by atoms with Gasteiger partial charge in [-0.25, -0.2) is 4.98 Å². The van der Waals surface area contributed by atoms with Crippen LogP contribution in [0.3, 0.4) is 0 Å². The van der Waals surface area contributed by atoms with Gasteiger partial charge in [0.2, 0.25) is 0 Å². The third-order valence-electron chi connectivity index (χ3n) is 4.15. The van der Waals surface area contributed by atoms with Crippen LogP contribution >= 0.6 is 11.3 Å². The Kier molecular flexibility index (Phi) is 2.94. The van der Waals surface area contributed by atoms with Gasteiger partial charge in [0.25, 0.3) is 0 Å². The van der Waals surface area contributed by atoms with Gasteiger partial charge in [-0.1, -0.05) is 29.5 Å². The summed E-state index contributed by atoms with van der Waals surface area (Å²) >= 11 is 1.73. The Hall–Kier alpha value is -2.33. The molecule has 2 heterocycles. The van der Waals surface area contributed by atoms with E-state index in [1.807, 2.05) is 18.2 Å². The van der Waals surface area contributed by atoms with Gasteiger partial charge in [-0.2, -0.15) is 0 Å². The van der Waals surface area contributed by atoms with E-state index in [4.69, 9.17) is 9.72 Å². The number of hydrogen-bond donors (Lipinski definition) is 0. The molecule has 22 heavy (non-hydrogen) atoms. The molecular formula is C18H16N2OS. The molecule has 3 nitrogen and oxygen atoms in total. The Labute approximate surface area is 132 Å². The first kappa shape index (κ1) is 13.3. The highest BCUT2D eigenvalue weighted by Crippen LogP contribution is 2.32. The molecular weight excluding hydrogens is 292 g/mol. The minimum Gasteiger partial charge on any atom is -0.497 e. The van der Waals surface area contributed by atoms with Gasteiger partial charge in [-0.3, -0.25) is 4.40 Å². The molecule has 0 aliphatic carbocycles. The fourth-order valence-electron chi connectivity index (χ4n) is 2.77. The number of hydrogen-bond acceptors (Lipinski definition) is 3. The van der Waals surface area contributed by atoms with Crippen molar-refractivity contribution in [2.24, 2.45) is 0 Å². The Morgan fingerprint density at radius 3 is 2.82 bits per heavy atom. The number of methoxy groups -OCH3 is 1. The summed E-state index contributed by atoms with van der Waals surface area (Å²) in [5.74, 6) is 0.853. The monoisotopic (exact) mass is 308 g/mol. The molecule has 0 aliphatic heterocycles. The molecule has 0 N–H and O–H groups in total. The molecule has 4 heteroatoms. The quantitative estimate of drug-likeness (QED) is 0.529. The number of benzene rings is 2. The lowest BCUT2D eigenvalue weighted by molar-refractivity contribution is 0.415. The van der Waals surface area contributed by atoms with E-state index in [9.17, 15) is 0 Å². The molecule has 0 aliphatic rings. The van der Waals surface area contributed by atoms with E-state index in [0.29, 0.717) is 0 Å². The molecule has 4 rings (SSSR count). The Bertz CT molecular complexity index is 997. The van der Waals surface area contributed by atoms with Crippen molar-refractivity contribution in [3.05, 3.63) is 53.7 Å². The van der Waals surface area contributed by atoms with Gasteiger partial charge >= 0.3 is 0 Å². The zero-order valence-electron chi connectivity index (χ0n) is 12.8. The molecule has 0 amide bonds. The average molecular weight is 308 g/mol. The molecule has 0 fully saturated rings. The molecule has 0 atom stereocenters. The number of imidazole rings is 1. The second kappa shape index (κ2) is 4.85. The standard InChI is InChI=1S/C18H16N2OS/c1-11-7-8-16-17(12(11)2)20-10-15(19-18(20)22-16)13-5-4-6-14(9-13)21-3/h4-10H,1-3H3. The van der Waals surface area contributed by atoms with E-state index in [1.54, 1.807) is 18.4 Å². The van der Waals surface area contributed by atoms with Crippen LogP contribution in [0.2, 0.25) is 0 Å². The lowest BCUT2D eigenvalue weighted by Gasteiger charge is -2.02. The molecule has 0 saturated carbocycles. The zero-order chi connectivity index (χ0) is 15.3. The SMILES string of the molecule is COc1cccc(-c2cn3c(n2)sc2ccc(C)c(C)c23)c1. The van der Waals surface area contributed by atoms with E-state index in [-0.39, 0.29) is 0 Å². The maximum absolute atomic E-state index is 5.30. The van der Waals surface area contributed by atoms with Crippen LogP contribution in [0, 0.1) is 13.8 Å². The third kappa shape index (κ3) is 1.91. The van der Waals surface area contributed by atoms with Crippen molar-refractivity contribution < 1.29 is 4.74 Å². The van der Waals surface area contributed by atoms with Crippen LogP contribution in [-0.2, 0) is 0 Å². The number of nitrogens with zero attached hydrogens (tertiary/aromatic N) is 2.